The van der Waals surface area contributed by atoms with Crippen LogP contribution in [0.15, 0.2) is 303 Å². The number of aryl methyl sites for hydroxylation is 1. The molecule has 14 aromatic carbocycles. The van der Waals surface area contributed by atoms with Gasteiger partial charge in [0.2, 0.25) is 0 Å². The predicted molar refractivity (Wildman–Crippen MR) is 389 cm³/mol. The van der Waals surface area contributed by atoms with Gasteiger partial charge in [-0.1, -0.05) is 194 Å². The van der Waals surface area contributed by atoms with Gasteiger partial charge in [0.15, 0.2) is 0 Å². The average Bonchev–Trinajstić information content (AvgIpc) is 1.57. The van der Waals surface area contributed by atoms with E-state index in [1.54, 1.807) is 0 Å². The van der Waals surface area contributed by atoms with Gasteiger partial charge in [0.1, 0.15) is 0 Å². The molecule has 19 rings (SSSR count). The normalized spacial score (nSPS) is 12.1. The molecule has 0 aliphatic carbocycles. The van der Waals surface area contributed by atoms with Gasteiger partial charge < -0.3 is 22.8 Å². The minimum absolute atomic E-state index is 1.14. The highest BCUT2D eigenvalue weighted by atomic mass is 15.0. The molecule has 0 radical (unpaired) electrons. The van der Waals surface area contributed by atoms with Crippen molar-refractivity contribution in [2.45, 2.75) is 20.8 Å². The maximum absolute atomic E-state index is 2.53. The zero-order valence-electron chi connectivity index (χ0n) is 51.1. The summed E-state index contributed by atoms with van der Waals surface area (Å²) in [6.07, 6.45) is 0. The molecule has 0 N–H and O–H groups in total. The standard InChI is InChI=1S/C87H59N5/c1-54-46-62(88-76-32-14-7-24-65(76)66-25-8-15-33-77(66)88)53-63(47-54)89-78-34-16-12-29-70(78)73-48-58(41-44-83(73)89)59-42-45-84-74(49-59)71-30-13-20-38-82(71)92(84)86-52-61(51-85(56(86)3)91-80-36-18-9-26-67(80)68-27-10-19-37-81(68)91)60-40-43-72-69-28-11-17-35-79(69)90(87(72)50-60)75-39-21-31-64(55(75)2)57-22-5-4-6-23-57/h4-53H,1-3H3. The third-order valence-corrected chi connectivity index (χ3v) is 19.9. The second kappa shape index (κ2) is 20.0. The molecule has 0 aliphatic rings. The van der Waals surface area contributed by atoms with Crippen molar-refractivity contribution in [3.05, 3.63) is 320 Å². The van der Waals surface area contributed by atoms with E-state index in [0.29, 0.717) is 0 Å². The van der Waals surface area contributed by atoms with Crippen LogP contribution in [0, 0.1) is 20.8 Å². The molecular formula is C87H59N5. The monoisotopic (exact) mass is 1170 g/mol. The van der Waals surface area contributed by atoms with E-state index in [2.05, 4.69) is 347 Å². The number of benzene rings is 14. The highest BCUT2D eigenvalue weighted by molar-refractivity contribution is 6.15. The van der Waals surface area contributed by atoms with Gasteiger partial charge in [-0.05, 0) is 180 Å². The van der Waals surface area contributed by atoms with Gasteiger partial charge in [-0.2, -0.15) is 0 Å². The Bertz CT molecular complexity index is 6190. The molecule has 5 heterocycles. The van der Waals surface area contributed by atoms with E-state index in [0.717, 1.165) is 44.9 Å². The van der Waals surface area contributed by atoms with E-state index < -0.39 is 0 Å². The molecule has 0 spiro atoms. The van der Waals surface area contributed by atoms with Crippen molar-refractivity contribution in [2.24, 2.45) is 0 Å². The highest BCUT2D eigenvalue weighted by Crippen LogP contribution is 2.45. The molecule has 5 aromatic heterocycles. The average molecular weight is 1170 g/mol. The topological polar surface area (TPSA) is 24.6 Å². The largest absolute Gasteiger partial charge is 0.309 e. The van der Waals surface area contributed by atoms with Crippen LogP contribution in [0.5, 0.6) is 0 Å². The van der Waals surface area contributed by atoms with Crippen LogP contribution in [0.25, 0.3) is 171 Å². The van der Waals surface area contributed by atoms with Gasteiger partial charge in [0.05, 0.1) is 66.5 Å². The molecule has 432 valence electrons. The summed E-state index contributed by atoms with van der Waals surface area (Å²) in [5.74, 6) is 0. The number of para-hydroxylation sites is 7. The number of rotatable bonds is 8. The molecule has 0 fully saturated rings. The van der Waals surface area contributed by atoms with Crippen LogP contribution in [0.3, 0.4) is 0 Å². The molecular weight excluding hydrogens is 1110 g/mol. The number of hydrogen-bond donors (Lipinski definition) is 0. The summed E-state index contributed by atoms with van der Waals surface area (Å²) in [7, 11) is 0. The summed E-state index contributed by atoms with van der Waals surface area (Å²) in [4.78, 5) is 0. The third-order valence-electron chi connectivity index (χ3n) is 19.9. The van der Waals surface area contributed by atoms with Crippen LogP contribution < -0.4 is 0 Å². The molecule has 19 aromatic rings. The van der Waals surface area contributed by atoms with Crippen LogP contribution >= 0.6 is 0 Å². The van der Waals surface area contributed by atoms with Crippen LogP contribution in [0.4, 0.5) is 0 Å². The zero-order valence-corrected chi connectivity index (χ0v) is 51.1. The number of nitrogens with zero attached hydrogens (tertiary/aromatic N) is 5. The molecule has 0 aliphatic heterocycles. The maximum atomic E-state index is 2.53. The van der Waals surface area contributed by atoms with E-state index in [1.165, 1.54) is 143 Å². The van der Waals surface area contributed by atoms with Crippen molar-refractivity contribution in [2.75, 3.05) is 0 Å². The van der Waals surface area contributed by atoms with Crippen molar-refractivity contribution in [3.63, 3.8) is 0 Å². The fraction of sp³-hybridized carbons (Fsp3) is 0.0345. The van der Waals surface area contributed by atoms with Gasteiger partial charge in [-0.15, -0.1) is 0 Å². The fourth-order valence-corrected chi connectivity index (χ4v) is 15.7. The Balaban J connectivity index is 0.796. The molecule has 92 heavy (non-hydrogen) atoms. The maximum Gasteiger partial charge on any atom is 0.0547 e. The summed E-state index contributed by atoms with van der Waals surface area (Å²) in [5, 5.41) is 12.3. The Kier molecular flexibility index (Phi) is 11.3. The van der Waals surface area contributed by atoms with Crippen LogP contribution in [-0.2, 0) is 0 Å². The first kappa shape index (κ1) is 52.1. The lowest BCUT2D eigenvalue weighted by Gasteiger charge is -2.20. The Morgan fingerprint density at radius 2 is 0.533 bits per heavy atom. The van der Waals surface area contributed by atoms with Gasteiger partial charge in [0, 0.05) is 70.9 Å². The zero-order chi connectivity index (χ0) is 60.9. The van der Waals surface area contributed by atoms with E-state index in [4.69, 9.17) is 0 Å². The van der Waals surface area contributed by atoms with Crippen molar-refractivity contribution in [3.8, 4) is 61.8 Å². The lowest BCUT2D eigenvalue weighted by molar-refractivity contribution is 1.10. The van der Waals surface area contributed by atoms with Crippen LogP contribution in [0.1, 0.15) is 16.7 Å². The highest BCUT2D eigenvalue weighted by Gasteiger charge is 2.24. The Morgan fingerprint density at radius 3 is 0.989 bits per heavy atom. The summed E-state index contributed by atoms with van der Waals surface area (Å²) in [5.41, 5.74) is 28.3. The van der Waals surface area contributed by atoms with Gasteiger partial charge in [-0.25, -0.2) is 0 Å². The van der Waals surface area contributed by atoms with Crippen molar-refractivity contribution < 1.29 is 0 Å². The van der Waals surface area contributed by atoms with Crippen molar-refractivity contribution >= 4 is 109 Å². The molecule has 5 nitrogen and oxygen atoms in total. The minimum Gasteiger partial charge on any atom is -0.309 e. The SMILES string of the molecule is Cc1cc(-n2c3ccccc3c3ccccc32)cc(-n2c3ccccc3c3cc(-c4ccc5c(c4)c4ccccc4n5-c4cc(-c5ccc6c7ccccc7n(-c7cccc(-c8ccccc8)c7C)c6c5)cc(-n5c6ccccc6c6ccccc65)c4C)ccc32)c1. The minimum atomic E-state index is 1.14. The van der Waals surface area contributed by atoms with Gasteiger partial charge >= 0.3 is 0 Å². The van der Waals surface area contributed by atoms with E-state index in [1.807, 2.05) is 0 Å². The second-order valence-corrected chi connectivity index (χ2v) is 25.0. The molecule has 0 bridgehead atoms. The smallest absolute Gasteiger partial charge is 0.0547 e. The molecule has 0 saturated heterocycles. The first-order valence-corrected chi connectivity index (χ1v) is 31.9. The molecule has 0 unspecified atom stereocenters. The summed E-state index contributed by atoms with van der Waals surface area (Å²) < 4.78 is 12.4. The van der Waals surface area contributed by atoms with Gasteiger partial charge in [0.25, 0.3) is 0 Å². The van der Waals surface area contributed by atoms with Crippen molar-refractivity contribution in [1.82, 2.24) is 22.8 Å². The third kappa shape index (κ3) is 7.66. The Labute approximate surface area is 531 Å². The molecule has 5 heteroatoms. The Hall–Kier alpha value is -11.9. The molecule has 0 saturated carbocycles. The number of fused-ring (bicyclic) bond motifs is 15. The summed E-state index contributed by atoms with van der Waals surface area (Å²) >= 11 is 0. The second-order valence-electron chi connectivity index (χ2n) is 25.0. The lowest BCUT2D eigenvalue weighted by Crippen LogP contribution is -2.04. The number of aromatic nitrogens is 5. The molecule has 0 atom stereocenters. The summed E-state index contributed by atoms with van der Waals surface area (Å²) in [6, 6.07) is 113. The Morgan fingerprint density at radius 1 is 0.185 bits per heavy atom. The lowest BCUT2D eigenvalue weighted by atomic mass is 9.98. The molecule has 0 amide bonds. The van der Waals surface area contributed by atoms with Gasteiger partial charge in [-0.3, -0.25) is 0 Å². The first-order chi connectivity index (χ1) is 45.4. The van der Waals surface area contributed by atoms with E-state index >= 15 is 0 Å². The van der Waals surface area contributed by atoms with Crippen LogP contribution in [0.2, 0.25) is 0 Å². The number of hydrogen-bond acceptors (Lipinski definition) is 0. The summed E-state index contributed by atoms with van der Waals surface area (Å²) in [6.45, 7) is 6.82. The van der Waals surface area contributed by atoms with Crippen LogP contribution in [-0.4, -0.2) is 22.8 Å². The first-order valence-electron chi connectivity index (χ1n) is 31.9. The predicted octanol–water partition coefficient (Wildman–Crippen LogP) is 23.1. The fourth-order valence-electron chi connectivity index (χ4n) is 15.7. The van der Waals surface area contributed by atoms with E-state index in [-0.39, 0.29) is 0 Å². The quantitative estimate of drug-likeness (QED) is 0.145. The van der Waals surface area contributed by atoms with Crippen molar-refractivity contribution in [1.29, 1.82) is 0 Å². The van der Waals surface area contributed by atoms with E-state index in [9.17, 15) is 0 Å².